The van der Waals surface area contributed by atoms with Gasteiger partial charge in [-0.05, 0) is 37.9 Å². The first-order valence-corrected chi connectivity index (χ1v) is 9.40. The highest BCUT2D eigenvalue weighted by molar-refractivity contribution is 6.74. The first-order valence-electron chi connectivity index (χ1n) is 6.50. The van der Waals surface area contributed by atoms with Gasteiger partial charge in [0.15, 0.2) is 8.32 Å². The minimum atomic E-state index is -1.58. The van der Waals surface area contributed by atoms with Gasteiger partial charge in [-0.1, -0.05) is 20.8 Å². The molecule has 0 aromatic heterocycles. The fourth-order valence-electron chi connectivity index (χ4n) is 2.31. The number of fused-ring (bicyclic) bond motifs is 1. The van der Waals surface area contributed by atoms with Crippen LogP contribution in [0.5, 0.6) is 0 Å². The molecule has 0 bridgehead atoms. The van der Waals surface area contributed by atoms with Crippen LogP contribution >= 0.6 is 0 Å². The van der Waals surface area contributed by atoms with Crippen molar-refractivity contribution in [3.8, 4) is 0 Å². The van der Waals surface area contributed by atoms with E-state index in [2.05, 4.69) is 40.8 Å². The zero-order valence-corrected chi connectivity index (χ0v) is 12.6. The van der Waals surface area contributed by atoms with Crippen LogP contribution < -0.4 is 0 Å². The molecule has 2 aliphatic rings. The Morgan fingerprint density at radius 2 is 1.94 bits per heavy atom. The van der Waals surface area contributed by atoms with Gasteiger partial charge in [-0.3, -0.25) is 0 Å². The molecule has 0 aromatic rings. The molecule has 1 saturated heterocycles. The fourth-order valence-corrected chi connectivity index (χ4v) is 3.71. The second-order valence-corrected chi connectivity index (χ2v) is 12.0. The molecule has 1 aliphatic carbocycles. The molecule has 1 saturated carbocycles. The Kier molecular flexibility index (Phi) is 2.80. The summed E-state index contributed by atoms with van der Waals surface area (Å²) in [6.45, 7) is 13.8. The van der Waals surface area contributed by atoms with Gasteiger partial charge in [0.25, 0.3) is 0 Å². The second-order valence-electron chi connectivity index (χ2n) is 7.19. The Bertz CT molecular complexity index is 282. The van der Waals surface area contributed by atoms with E-state index >= 15 is 0 Å². The summed E-state index contributed by atoms with van der Waals surface area (Å²) in [5, 5.41) is 0.318. The number of ether oxygens (including phenoxy) is 1. The highest BCUT2D eigenvalue weighted by Gasteiger charge is 2.56. The summed E-state index contributed by atoms with van der Waals surface area (Å²) in [4.78, 5) is 0. The van der Waals surface area contributed by atoms with Crippen LogP contribution in [-0.2, 0) is 9.16 Å². The van der Waals surface area contributed by atoms with E-state index in [1.165, 1.54) is 12.8 Å². The third-order valence-electron chi connectivity index (χ3n) is 4.74. The maximum absolute atomic E-state index is 6.44. The Balaban J connectivity index is 1.91. The van der Waals surface area contributed by atoms with Crippen molar-refractivity contribution in [1.82, 2.24) is 0 Å². The second kappa shape index (κ2) is 3.56. The van der Waals surface area contributed by atoms with Gasteiger partial charge in [0.2, 0.25) is 0 Å². The molecule has 0 unspecified atom stereocenters. The largest absolute Gasteiger partial charge is 0.414 e. The normalized spacial score (nSPS) is 39.4. The topological polar surface area (TPSA) is 21.8 Å². The van der Waals surface area contributed by atoms with Gasteiger partial charge in [-0.2, -0.15) is 0 Å². The quantitative estimate of drug-likeness (QED) is 0.544. The number of epoxide rings is 1. The Hall–Kier alpha value is 0.137. The molecule has 0 aromatic carbocycles. The SMILES string of the molecule is CC(C)(C)[Si](C)(C)O[C@@H]1CC[C@@]2(C)O[C@H]2C1. The molecule has 0 amide bonds. The zero-order valence-electron chi connectivity index (χ0n) is 11.6. The van der Waals surface area contributed by atoms with Gasteiger partial charge in [0, 0.05) is 12.5 Å². The van der Waals surface area contributed by atoms with E-state index in [1.807, 2.05) is 0 Å². The summed E-state index contributed by atoms with van der Waals surface area (Å²) < 4.78 is 12.2. The smallest absolute Gasteiger partial charge is 0.192 e. The fraction of sp³-hybridized carbons (Fsp3) is 1.00. The van der Waals surface area contributed by atoms with Crippen molar-refractivity contribution >= 4 is 8.32 Å². The molecular formula is C13H26O2Si. The van der Waals surface area contributed by atoms with Crippen LogP contribution in [0, 0.1) is 0 Å². The third kappa shape index (κ3) is 2.22. The molecule has 1 heterocycles. The minimum Gasteiger partial charge on any atom is -0.414 e. The molecule has 16 heavy (non-hydrogen) atoms. The first kappa shape index (κ1) is 12.6. The molecule has 1 aliphatic heterocycles. The van der Waals surface area contributed by atoms with Gasteiger partial charge in [0.1, 0.15) is 0 Å². The summed E-state index contributed by atoms with van der Waals surface area (Å²) >= 11 is 0. The molecular weight excluding hydrogens is 216 g/mol. The van der Waals surface area contributed by atoms with E-state index in [1.54, 1.807) is 0 Å². The van der Waals surface area contributed by atoms with E-state index in [0.29, 0.717) is 17.2 Å². The van der Waals surface area contributed by atoms with Crippen molar-refractivity contribution in [1.29, 1.82) is 0 Å². The molecule has 2 nitrogen and oxygen atoms in total. The van der Waals surface area contributed by atoms with Crippen molar-refractivity contribution < 1.29 is 9.16 Å². The summed E-state index contributed by atoms with van der Waals surface area (Å²) in [6.07, 6.45) is 4.40. The maximum Gasteiger partial charge on any atom is 0.192 e. The summed E-state index contributed by atoms with van der Waals surface area (Å²) in [5.41, 5.74) is 0.216. The number of hydrogen-bond acceptors (Lipinski definition) is 2. The first-order chi connectivity index (χ1) is 7.14. The standard InChI is InChI=1S/C13H26O2Si/c1-12(2,3)16(5,6)15-10-7-8-13(4)11(9-10)14-13/h10-11H,7-9H2,1-6H3/t10-,11+,13-/m1/s1. The Morgan fingerprint density at radius 1 is 1.31 bits per heavy atom. The predicted molar refractivity (Wildman–Crippen MR) is 69.2 cm³/mol. The van der Waals surface area contributed by atoms with Crippen molar-refractivity contribution in [3.63, 3.8) is 0 Å². The minimum absolute atomic E-state index is 0.216. The van der Waals surface area contributed by atoms with Crippen LogP contribution in [0.15, 0.2) is 0 Å². The lowest BCUT2D eigenvalue weighted by Crippen LogP contribution is -2.45. The van der Waals surface area contributed by atoms with Crippen molar-refractivity contribution in [2.45, 2.75) is 82.9 Å². The highest BCUT2D eigenvalue weighted by atomic mass is 28.4. The molecule has 0 spiro atoms. The summed E-state index contributed by atoms with van der Waals surface area (Å²) in [5.74, 6) is 0. The molecule has 94 valence electrons. The lowest BCUT2D eigenvalue weighted by Gasteiger charge is -2.40. The molecule has 2 fully saturated rings. The zero-order chi connectivity index (χ0) is 12.2. The predicted octanol–water partition coefficient (Wildman–Crippen LogP) is 3.72. The molecule has 2 rings (SSSR count). The molecule has 3 atom stereocenters. The average Bonchev–Trinajstić information content (AvgIpc) is 2.73. The van der Waals surface area contributed by atoms with Crippen LogP contribution in [0.2, 0.25) is 18.1 Å². The Morgan fingerprint density at radius 3 is 2.44 bits per heavy atom. The van der Waals surface area contributed by atoms with Crippen LogP contribution in [0.25, 0.3) is 0 Å². The average molecular weight is 242 g/mol. The molecule has 0 N–H and O–H groups in total. The number of rotatable bonds is 2. The van der Waals surface area contributed by atoms with Gasteiger partial charge in [0.05, 0.1) is 11.7 Å². The van der Waals surface area contributed by atoms with E-state index in [-0.39, 0.29) is 5.60 Å². The lowest BCUT2D eigenvalue weighted by atomic mass is 9.89. The van der Waals surface area contributed by atoms with Crippen LogP contribution in [-0.4, -0.2) is 26.1 Å². The van der Waals surface area contributed by atoms with Crippen LogP contribution in [0.1, 0.15) is 47.0 Å². The van der Waals surface area contributed by atoms with E-state index in [0.717, 1.165) is 6.42 Å². The summed E-state index contributed by atoms with van der Waals surface area (Å²) in [6, 6.07) is 0. The van der Waals surface area contributed by atoms with Gasteiger partial charge in [-0.15, -0.1) is 0 Å². The van der Waals surface area contributed by atoms with Crippen LogP contribution in [0.4, 0.5) is 0 Å². The van der Waals surface area contributed by atoms with Crippen LogP contribution in [0.3, 0.4) is 0 Å². The summed E-state index contributed by atoms with van der Waals surface area (Å²) in [7, 11) is -1.58. The van der Waals surface area contributed by atoms with E-state index < -0.39 is 8.32 Å². The third-order valence-corrected chi connectivity index (χ3v) is 9.28. The van der Waals surface area contributed by atoms with Crippen molar-refractivity contribution in [2.75, 3.05) is 0 Å². The molecule has 3 heteroatoms. The van der Waals surface area contributed by atoms with Gasteiger partial charge < -0.3 is 9.16 Å². The maximum atomic E-state index is 6.44. The van der Waals surface area contributed by atoms with E-state index in [9.17, 15) is 0 Å². The molecule has 0 radical (unpaired) electrons. The van der Waals surface area contributed by atoms with Crippen molar-refractivity contribution in [3.05, 3.63) is 0 Å². The lowest BCUT2D eigenvalue weighted by molar-refractivity contribution is 0.140. The van der Waals surface area contributed by atoms with E-state index in [4.69, 9.17) is 9.16 Å². The number of hydrogen-bond donors (Lipinski definition) is 0. The van der Waals surface area contributed by atoms with Gasteiger partial charge >= 0.3 is 0 Å². The van der Waals surface area contributed by atoms with Crippen molar-refractivity contribution in [2.24, 2.45) is 0 Å². The Labute approximate surface area is 101 Å². The van der Waals surface area contributed by atoms with Gasteiger partial charge in [-0.25, -0.2) is 0 Å². The monoisotopic (exact) mass is 242 g/mol. The highest BCUT2D eigenvalue weighted by Crippen LogP contribution is 2.49.